The predicted molar refractivity (Wildman–Crippen MR) is 83.5 cm³/mol. The van der Waals surface area contributed by atoms with Gasteiger partial charge in [-0.3, -0.25) is 0 Å². The molecule has 2 aliphatic heterocycles. The lowest BCUT2D eigenvalue weighted by atomic mass is 10.3. The molecule has 2 aliphatic rings. The van der Waals surface area contributed by atoms with Crippen LogP contribution in [-0.4, -0.2) is 62.3 Å². The summed E-state index contributed by atoms with van der Waals surface area (Å²) in [6, 6.07) is 2.12. The van der Waals surface area contributed by atoms with Gasteiger partial charge in [0, 0.05) is 58.4 Å². The second kappa shape index (κ2) is 8.01. The molecule has 0 radical (unpaired) electrons. The van der Waals surface area contributed by atoms with Crippen LogP contribution in [-0.2, 0) is 0 Å². The average molecular weight is 278 g/mol. The molecule has 1 aromatic rings. The third kappa shape index (κ3) is 3.80. The zero-order chi connectivity index (χ0) is 14.2. The van der Waals surface area contributed by atoms with Crippen LogP contribution in [0.25, 0.3) is 0 Å². The summed E-state index contributed by atoms with van der Waals surface area (Å²) < 4.78 is 0. The first-order valence-electron chi connectivity index (χ1n) is 7.67. The molecule has 6 heteroatoms. The zero-order valence-corrected chi connectivity index (χ0v) is 12.6. The number of hydrogen-bond donors (Lipinski definition) is 2. The average Bonchev–Trinajstić information content (AvgIpc) is 2.58. The van der Waals surface area contributed by atoms with Crippen molar-refractivity contribution >= 4 is 11.6 Å². The summed E-state index contributed by atoms with van der Waals surface area (Å²) in [6.07, 6.45) is 1.69. The standard InChI is InChI=1S/C12H20N6.C2H6/c1-5-17(6-2-13-1)11-9-12(16-10-15-11)18-7-3-14-4-8-18;1-2/h9-10,13-14H,1-8H2;1-2H3. The van der Waals surface area contributed by atoms with Gasteiger partial charge in [-0.25, -0.2) is 9.97 Å². The molecule has 2 fully saturated rings. The van der Waals surface area contributed by atoms with Crippen LogP contribution in [0.2, 0.25) is 0 Å². The van der Waals surface area contributed by atoms with E-state index in [4.69, 9.17) is 0 Å². The van der Waals surface area contributed by atoms with Gasteiger partial charge in [-0.15, -0.1) is 0 Å². The fourth-order valence-corrected chi connectivity index (χ4v) is 2.47. The molecule has 112 valence electrons. The minimum Gasteiger partial charge on any atom is -0.354 e. The summed E-state index contributed by atoms with van der Waals surface area (Å²) in [5, 5.41) is 6.72. The number of hydrogen-bond acceptors (Lipinski definition) is 6. The molecule has 2 N–H and O–H groups in total. The highest BCUT2D eigenvalue weighted by atomic mass is 15.3. The Bertz CT molecular complexity index is 352. The molecule has 0 unspecified atom stereocenters. The van der Waals surface area contributed by atoms with E-state index in [0.717, 1.165) is 64.0 Å². The molecule has 6 nitrogen and oxygen atoms in total. The maximum absolute atomic E-state index is 4.40. The lowest BCUT2D eigenvalue weighted by Crippen LogP contribution is -2.45. The van der Waals surface area contributed by atoms with Crippen LogP contribution in [0, 0.1) is 0 Å². The van der Waals surface area contributed by atoms with Crippen molar-refractivity contribution in [3.05, 3.63) is 12.4 Å². The topological polar surface area (TPSA) is 56.3 Å². The summed E-state index contributed by atoms with van der Waals surface area (Å²) >= 11 is 0. The van der Waals surface area contributed by atoms with Crippen LogP contribution < -0.4 is 20.4 Å². The number of nitrogens with zero attached hydrogens (tertiary/aromatic N) is 4. The zero-order valence-electron chi connectivity index (χ0n) is 12.6. The van der Waals surface area contributed by atoms with Crippen LogP contribution in [0.15, 0.2) is 12.4 Å². The molecule has 0 spiro atoms. The minimum atomic E-state index is 1.03. The van der Waals surface area contributed by atoms with E-state index in [2.05, 4.69) is 36.5 Å². The molecule has 2 saturated heterocycles. The number of nitrogens with one attached hydrogen (secondary N) is 2. The van der Waals surface area contributed by atoms with E-state index in [-0.39, 0.29) is 0 Å². The lowest BCUT2D eigenvalue weighted by Gasteiger charge is -2.31. The maximum atomic E-state index is 4.40. The molecule has 0 amide bonds. The molecule has 0 aromatic carbocycles. The van der Waals surface area contributed by atoms with Crippen molar-refractivity contribution < 1.29 is 0 Å². The fourth-order valence-electron chi connectivity index (χ4n) is 2.47. The van der Waals surface area contributed by atoms with Gasteiger partial charge in [-0.2, -0.15) is 0 Å². The molecular weight excluding hydrogens is 252 g/mol. The molecule has 0 bridgehead atoms. The highest BCUT2D eigenvalue weighted by Crippen LogP contribution is 2.18. The van der Waals surface area contributed by atoms with Crippen molar-refractivity contribution in [1.29, 1.82) is 0 Å². The van der Waals surface area contributed by atoms with Crippen LogP contribution >= 0.6 is 0 Å². The van der Waals surface area contributed by atoms with Crippen molar-refractivity contribution in [2.75, 3.05) is 62.2 Å². The minimum absolute atomic E-state index is 1.03. The number of aromatic nitrogens is 2. The van der Waals surface area contributed by atoms with Gasteiger partial charge < -0.3 is 20.4 Å². The lowest BCUT2D eigenvalue weighted by molar-refractivity contribution is 0.578. The second-order valence-electron chi connectivity index (χ2n) is 4.71. The van der Waals surface area contributed by atoms with Crippen molar-refractivity contribution in [2.24, 2.45) is 0 Å². The molecule has 0 aliphatic carbocycles. The van der Waals surface area contributed by atoms with E-state index < -0.39 is 0 Å². The molecule has 20 heavy (non-hydrogen) atoms. The second-order valence-corrected chi connectivity index (χ2v) is 4.71. The Hall–Kier alpha value is -1.40. The van der Waals surface area contributed by atoms with E-state index in [0.29, 0.717) is 0 Å². The quantitative estimate of drug-likeness (QED) is 0.813. The highest BCUT2D eigenvalue weighted by Gasteiger charge is 2.16. The normalized spacial score (nSPS) is 19.3. The highest BCUT2D eigenvalue weighted by molar-refractivity contribution is 5.50. The first-order chi connectivity index (χ1) is 9.93. The summed E-state index contributed by atoms with van der Waals surface area (Å²) in [7, 11) is 0. The van der Waals surface area contributed by atoms with Gasteiger partial charge in [-0.1, -0.05) is 13.8 Å². The van der Waals surface area contributed by atoms with Gasteiger partial charge in [0.05, 0.1) is 0 Å². The molecule has 0 saturated carbocycles. The number of anilines is 2. The van der Waals surface area contributed by atoms with Crippen molar-refractivity contribution in [1.82, 2.24) is 20.6 Å². The predicted octanol–water partition coefficient (Wildman–Crippen LogP) is 0.322. The third-order valence-corrected chi connectivity index (χ3v) is 3.52. The Morgan fingerprint density at radius 3 is 1.60 bits per heavy atom. The maximum Gasteiger partial charge on any atom is 0.134 e. The first-order valence-corrected chi connectivity index (χ1v) is 7.67. The van der Waals surface area contributed by atoms with E-state index in [1.54, 1.807) is 6.33 Å². The molecular formula is C14H26N6. The van der Waals surface area contributed by atoms with Gasteiger partial charge in [0.2, 0.25) is 0 Å². The number of rotatable bonds is 2. The van der Waals surface area contributed by atoms with Crippen LogP contribution in [0.3, 0.4) is 0 Å². The van der Waals surface area contributed by atoms with Crippen molar-refractivity contribution in [3.8, 4) is 0 Å². The van der Waals surface area contributed by atoms with Crippen molar-refractivity contribution in [3.63, 3.8) is 0 Å². The Kier molecular flexibility index (Phi) is 6.01. The first kappa shape index (κ1) is 15.0. The third-order valence-electron chi connectivity index (χ3n) is 3.52. The van der Waals surface area contributed by atoms with Crippen molar-refractivity contribution in [2.45, 2.75) is 13.8 Å². The Morgan fingerprint density at radius 2 is 1.20 bits per heavy atom. The Balaban J connectivity index is 0.000000704. The van der Waals surface area contributed by atoms with E-state index in [9.17, 15) is 0 Å². The largest absolute Gasteiger partial charge is 0.354 e. The molecule has 3 rings (SSSR count). The van der Waals surface area contributed by atoms with E-state index in [1.807, 2.05) is 13.8 Å². The van der Waals surface area contributed by atoms with Crippen LogP contribution in [0.5, 0.6) is 0 Å². The van der Waals surface area contributed by atoms with Gasteiger partial charge >= 0.3 is 0 Å². The smallest absolute Gasteiger partial charge is 0.134 e. The summed E-state index contributed by atoms with van der Waals surface area (Å²) in [5.74, 6) is 2.11. The van der Waals surface area contributed by atoms with E-state index in [1.165, 1.54) is 0 Å². The fraction of sp³-hybridized carbons (Fsp3) is 0.714. The molecule has 0 atom stereocenters. The van der Waals surface area contributed by atoms with Crippen LogP contribution in [0.4, 0.5) is 11.6 Å². The Labute approximate surface area is 121 Å². The van der Waals surface area contributed by atoms with Gasteiger partial charge in [0.25, 0.3) is 0 Å². The summed E-state index contributed by atoms with van der Waals surface area (Å²) in [6.45, 7) is 12.2. The van der Waals surface area contributed by atoms with Gasteiger partial charge in [0.1, 0.15) is 18.0 Å². The van der Waals surface area contributed by atoms with Gasteiger partial charge in [-0.05, 0) is 0 Å². The summed E-state index contributed by atoms with van der Waals surface area (Å²) in [5.41, 5.74) is 0. The van der Waals surface area contributed by atoms with E-state index >= 15 is 0 Å². The molecule has 3 heterocycles. The Morgan fingerprint density at radius 1 is 0.800 bits per heavy atom. The molecule has 1 aromatic heterocycles. The SMILES string of the molecule is CC.c1nc(N2CCNCC2)cc(N2CCNCC2)n1. The summed E-state index contributed by atoms with van der Waals surface area (Å²) in [4.78, 5) is 13.5. The van der Waals surface area contributed by atoms with Crippen LogP contribution in [0.1, 0.15) is 13.8 Å². The monoisotopic (exact) mass is 278 g/mol. The van der Waals surface area contributed by atoms with Gasteiger partial charge in [0.15, 0.2) is 0 Å². The number of piperazine rings is 2.